The topological polar surface area (TPSA) is 45.4 Å². The van der Waals surface area contributed by atoms with E-state index in [-0.39, 0.29) is 0 Å². The third-order valence-electron chi connectivity index (χ3n) is 5.64. The maximum atomic E-state index is 4.84. The molecule has 0 spiro atoms. The van der Waals surface area contributed by atoms with E-state index in [9.17, 15) is 0 Å². The van der Waals surface area contributed by atoms with Crippen LogP contribution in [-0.2, 0) is 13.0 Å². The minimum Gasteiger partial charge on any atom is -0.306 e. The van der Waals surface area contributed by atoms with E-state index in [1.54, 1.807) is 0 Å². The van der Waals surface area contributed by atoms with Crippen molar-refractivity contribution in [3.05, 3.63) is 59.7 Å². The largest absolute Gasteiger partial charge is 0.306 e. The summed E-state index contributed by atoms with van der Waals surface area (Å²) in [6, 6.07) is 17.0. The minimum absolute atomic E-state index is 0.787. The lowest BCUT2D eigenvalue weighted by atomic mass is 9.96. The number of benzene rings is 2. The Morgan fingerprint density at radius 2 is 1.78 bits per heavy atom. The van der Waals surface area contributed by atoms with Crippen molar-refractivity contribution in [1.82, 2.24) is 20.1 Å². The van der Waals surface area contributed by atoms with Crippen molar-refractivity contribution in [3.8, 4) is 0 Å². The summed E-state index contributed by atoms with van der Waals surface area (Å²) in [5.41, 5.74) is 4.35. The molecule has 1 aliphatic heterocycles. The molecular weight excluding hydrogens is 336 g/mol. The molecule has 5 heteroatoms. The molecule has 1 aromatic heterocycles. The van der Waals surface area contributed by atoms with Crippen LogP contribution in [0, 0.1) is 5.92 Å². The molecule has 0 aliphatic carbocycles. The Kier molecular flexibility index (Phi) is 5.80. The van der Waals surface area contributed by atoms with Crippen LogP contribution < -0.4 is 0 Å². The molecule has 0 radical (unpaired) electrons. The van der Waals surface area contributed by atoms with Crippen LogP contribution in [0.5, 0.6) is 0 Å². The first-order valence-electron chi connectivity index (χ1n) is 9.92. The molecule has 2 heterocycles. The van der Waals surface area contributed by atoms with Gasteiger partial charge in [0.05, 0.1) is 0 Å². The molecule has 0 amide bonds. The maximum Gasteiger partial charge on any atom is 0.135 e. The van der Waals surface area contributed by atoms with Gasteiger partial charge in [-0.2, -0.15) is 0 Å². The number of hydrogen-bond donors (Lipinski definition) is 0. The van der Waals surface area contributed by atoms with Gasteiger partial charge in [0.25, 0.3) is 0 Å². The quantitative estimate of drug-likeness (QED) is 0.641. The summed E-state index contributed by atoms with van der Waals surface area (Å²) < 4.78 is 4.84. The van der Waals surface area contributed by atoms with Crippen LogP contribution in [0.25, 0.3) is 11.0 Å². The fourth-order valence-electron chi connectivity index (χ4n) is 3.96. The molecule has 0 saturated carbocycles. The smallest absolute Gasteiger partial charge is 0.135 e. The van der Waals surface area contributed by atoms with E-state index in [4.69, 9.17) is 4.63 Å². The highest BCUT2D eigenvalue weighted by atomic mass is 16.6. The Morgan fingerprint density at radius 3 is 2.59 bits per heavy atom. The first kappa shape index (κ1) is 18.1. The molecule has 1 saturated heterocycles. The average molecular weight is 364 g/mol. The molecule has 0 unspecified atom stereocenters. The minimum atomic E-state index is 0.787. The molecule has 2 aromatic carbocycles. The van der Waals surface area contributed by atoms with Crippen molar-refractivity contribution in [3.63, 3.8) is 0 Å². The molecule has 0 N–H and O–H groups in total. The van der Waals surface area contributed by atoms with Crippen LogP contribution in [-0.4, -0.2) is 53.3 Å². The highest BCUT2D eigenvalue weighted by molar-refractivity contribution is 5.73. The van der Waals surface area contributed by atoms with Gasteiger partial charge in [-0.25, -0.2) is 4.63 Å². The van der Waals surface area contributed by atoms with E-state index in [1.165, 1.54) is 37.1 Å². The van der Waals surface area contributed by atoms with Crippen LogP contribution in [0.3, 0.4) is 0 Å². The summed E-state index contributed by atoms with van der Waals surface area (Å²) in [5.74, 6) is 0.787. The normalized spacial score (nSPS) is 16.4. The Balaban J connectivity index is 1.44. The monoisotopic (exact) mass is 364 g/mol. The number of aromatic nitrogens is 2. The average Bonchev–Trinajstić information content (AvgIpc) is 3.16. The van der Waals surface area contributed by atoms with Crippen molar-refractivity contribution in [2.24, 2.45) is 5.92 Å². The highest BCUT2D eigenvalue weighted by Crippen LogP contribution is 2.20. The lowest BCUT2D eigenvalue weighted by Crippen LogP contribution is -2.37. The van der Waals surface area contributed by atoms with Crippen LogP contribution in [0.4, 0.5) is 0 Å². The van der Waals surface area contributed by atoms with Gasteiger partial charge in [-0.1, -0.05) is 36.4 Å². The number of hydrogen-bond acceptors (Lipinski definition) is 5. The fraction of sp³-hybridized carbons (Fsp3) is 0.455. The van der Waals surface area contributed by atoms with E-state index in [1.807, 2.05) is 6.07 Å². The van der Waals surface area contributed by atoms with E-state index >= 15 is 0 Å². The molecule has 3 aromatic rings. The predicted octanol–water partition coefficient (Wildman–Crippen LogP) is 3.61. The molecule has 142 valence electrons. The summed E-state index contributed by atoms with van der Waals surface area (Å²) in [6.45, 7) is 5.62. The van der Waals surface area contributed by atoms with E-state index in [0.717, 1.165) is 43.0 Å². The van der Waals surface area contributed by atoms with Gasteiger partial charge >= 0.3 is 0 Å². The van der Waals surface area contributed by atoms with Gasteiger partial charge in [0.15, 0.2) is 0 Å². The zero-order chi connectivity index (χ0) is 18.5. The van der Waals surface area contributed by atoms with Crippen molar-refractivity contribution in [2.75, 3.05) is 33.2 Å². The summed E-state index contributed by atoms with van der Waals surface area (Å²) in [4.78, 5) is 5.05. The number of rotatable bonds is 7. The lowest BCUT2D eigenvalue weighted by Gasteiger charge is -2.33. The fourth-order valence-corrected chi connectivity index (χ4v) is 3.96. The van der Waals surface area contributed by atoms with Crippen LogP contribution in [0.1, 0.15) is 24.0 Å². The van der Waals surface area contributed by atoms with Crippen molar-refractivity contribution in [1.29, 1.82) is 0 Å². The zero-order valence-corrected chi connectivity index (χ0v) is 16.1. The van der Waals surface area contributed by atoms with Gasteiger partial charge in [-0.3, -0.25) is 4.90 Å². The van der Waals surface area contributed by atoms with E-state index in [2.05, 4.69) is 69.6 Å². The molecule has 4 rings (SSSR count). The predicted molar refractivity (Wildman–Crippen MR) is 107 cm³/mol. The van der Waals surface area contributed by atoms with Gasteiger partial charge in [0.2, 0.25) is 0 Å². The third-order valence-corrected chi connectivity index (χ3v) is 5.64. The SMILES string of the molecule is CN1CCC(CN(CCc2ccccc2)Cc2ccc3nonc3c2)CC1. The van der Waals surface area contributed by atoms with E-state index < -0.39 is 0 Å². The van der Waals surface area contributed by atoms with Gasteiger partial charge in [-0.05, 0) is 78.9 Å². The Morgan fingerprint density at radius 1 is 1.00 bits per heavy atom. The number of fused-ring (bicyclic) bond motifs is 1. The molecule has 0 bridgehead atoms. The van der Waals surface area contributed by atoms with Gasteiger partial charge in [0.1, 0.15) is 11.0 Å². The first-order chi connectivity index (χ1) is 13.3. The van der Waals surface area contributed by atoms with Crippen molar-refractivity contribution >= 4 is 11.0 Å². The number of likely N-dealkylation sites (tertiary alicyclic amines) is 1. The Hall–Kier alpha value is -2.24. The molecular formula is C22H28N4O. The second kappa shape index (κ2) is 8.63. The number of piperidine rings is 1. The zero-order valence-electron chi connectivity index (χ0n) is 16.1. The standard InChI is InChI=1S/C22H28N4O/c1-25-12-9-19(10-13-25)16-26(14-11-18-5-3-2-4-6-18)17-20-7-8-21-22(15-20)24-27-23-21/h2-8,15,19H,9-14,16-17H2,1H3. The van der Waals surface area contributed by atoms with Crippen molar-refractivity contribution < 1.29 is 4.63 Å². The summed E-state index contributed by atoms with van der Waals surface area (Å²) in [6.07, 6.45) is 3.68. The van der Waals surface area contributed by atoms with Crippen LogP contribution in [0.2, 0.25) is 0 Å². The van der Waals surface area contributed by atoms with Gasteiger partial charge in [-0.15, -0.1) is 0 Å². The van der Waals surface area contributed by atoms with Crippen molar-refractivity contribution in [2.45, 2.75) is 25.8 Å². The highest BCUT2D eigenvalue weighted by Gasteiger charge is 2.20. The second-order valence-electron chi connectivity index (χ2n) is 7.80. The number of nitrogens with zero attached hydrogens (tertiary/aromatic N) is 4. The molecule has 1 fully saturated rings. The maximum absolute atomic E-state index is 4.84. The summed E-state index contributed by atoms with van der Waals surface area (Å²) >= 11 is 0. The molecule has 27 heavy (non-hydrogen) atoms. The van der Waals surface area contributed by atoms with Gasteiger partial charge < -0.3 is 4.90 Å². The molecule has 0 atom stereocenters. The summed E-state index contributed by atoms with van der Waals surface area (Å²) in [5, 5.41) is 7.91. The lowest BCUT2D eigenvalue weighted by molar-refractivity contribution is 0.157. The second-order valence-corrected chi connectivity index (χ2v) is 7.80. The Bertz CT molecular complexity index is 840. The third kappa shape index (κ3) is 4.93. The molecule has 1 aliphatic rings. The molecule has 5 nitrogen and oxygen atoms in total. The van der Waals surface area contributed by atoms with Crippen LogP contribution in [0.15, 0.2) is 53.2 Å². The van der Waals surface area contributed by atoms with Gasteiger partial charge in [0, 0.05) is 19.6 Å². The summed E-state index contributed by atoms with van der Waals surface area (Å²) in [7, 11) is 2.23. The first-order valence-corrected chi connectivity index (χ1v) is 9.92. The Labute approximate surface area is 160 Å². The van der Waals surface area contributed by atoms with Crippen LogP contribution >= 0.6 is 0 Å². The van der Waals surface area contributed by atoms with E-state index in [0.29, 0.717) is 0 Å².